The highest BCUT2D eigenvalue weighted by Crippen LogP contribution is 2.28. The number of nitrogens with two attached hydrogens (primary N) is 1. The molecule has 0 atom stereocenters. The molecular formula is C14H18N4O2. The van der Waals surface area contributed by atoms with E-state index in [1.54, 1.807) is 31.5 Å². The molecule has 0 fully saturated rings. The number of rotatable bonds is 6. The summed E-state index contributed by atoms with van der Waals surface area (Å²) in [4.78, 5) is 4.23. The molecule has 3 N–H and O–H groups in total. The van der Waals surface area contributed by atoms with Crippen LogP contribution in [0, 0.1) is 5.41 Å². The molecular weight excluding hydrogens is 256 g/mol. The van der Waals surface area contributed by atoms with Crippen molar-refractivity contribution >= 4 is 5.84 Å². The Bertz CT molecular complexity index is 607. The van der Waals surface area contributed by atoms with E-state index < -0.39 is 0 Å². The SMILES string of the molecule is COc1cc(C(=N)N)ccc1OCCc1nccn1C. The van der Waals surface area contributed by atoms with Gasteiger partial charge in [0.1, 0.15) is 11.7 Å². The van der Waals surface area contributed by atoms with Crippen molar-refractivity contribution in [1.29, 1.82) is 5.41 Å². The molecule has 1 aromatic carbocycles. The second-order valence-electron chi connectivity index (χ2n) is 4.33. The molecule has 1 aromatic heterocycles. The van der Waals surface area contributed by atoms with Gasteiger partial charge in [0.25, 0.3) is 0 Å². The highest BCUT2D eigenvalue weighted by molar-refractivity contribution is 5.95. The first kappa shape index (κ1) is 13.9. The Balaban J connectivity index is 2.02. The Hall–Kier alpha value is -2.50. The molecule has 6 nitrogen and oxygen atoms in total. The topological polar surface area (TPSA) is 86.2 Å². The lowest BCUT2D eigenvalue weighted by Gasteiger charge is -2.11. The van der Waals surface area contributed by atoms with Gasteiger partial charge in [-0.15, -0.1) is 0 Å². The Morgan fingerprint density at radius 2 is 2.20 bits per heavy atom. The van der Waals surface area contributed by atoms with Crippen molar-refractivity contribution in [3.63, 3.8) is 0 Å². The van der Waals surface area contributed by atoms with Gasteiger partial charge < -0.3 is 19.8 Å². The van der Waals surface area contributed by atoms with Gasteiger partial charge in [-0.25, -0.2) is 4.98 Å². The number of imidazole rings is 1. The minimum atomic E-state index is 0.00265. The standard InChI is InChI=1S/C14H18N4O2/c1-18-7-6-17-13(18)5-8-20-11-4-3-10(14(15)16)9-12(11)19-2/h3-4,6-7,9H,5,8H2,1-2H3,(H3,15,16). The van der Waals surface area contributed by atoms with E-state index in [9.17, 15) is 0 Å². The van der Waals surface area contributed by atoms with Crippen molar-refractivity contribution in [2.75, 3.05) is 13.7 Å². The van der Waals surface area contributed by atoms with E-state index in [4.69, 9.17) is 20.6 Å². The van der Waals surface area contributed by atoms with Gasteiger partial charge in [-0.2, -0.15) is 0 Å². The largest absolute Gasteiger partial charge is 0.493 e. The summed E-state index contributed by atoms with van der Waals surface area (Å²) in [5, 5.41) is 7.40. The minimum Gasteiger partial charge on any atom is -0.493 e. The molecule has 0 spiro atoms. The van der Waals surface area contributed by atoms with E-state index in [1.807, 2.05) is 17.8 Å². The van der Waals surface area contributed by atoms with Gasteiger partial charge in [0.15, 0.2) is 11.5 Å². The number of nitrogens with one attached hydrogen (secondary N) is 1. The molecule has 0 aliphatic heterocycles. The number of amidine groups is 1. The van der Waals surface area contributed by atoms with Crippen LogP contribution < -0.4 is 15.2 Å². The predicted octanol–water partition coefficient (Wildman–Crippen LogP) is 1.33. The van der Waals surface area contributed by atoms with Crippen molar-refractivity contribution in [1.82, 2.24) is 9.55 Å². The molecule has 0 radical (unpaired) electrons. The van der Waals surface area contributed by atoms with Crippen molar-refractivity contribution < 1.29 is 9.47 Å². The maximum absolute atomic E-state index is 7.40. The maximum atomic E-state index is 7.40. The molecule has 0 bridgehead atoms. The number of hydrogen-bond acceptors (Lipinski definition) is 4. The Labute approximate surface area is 117 Å². The van der Waals surface area contributed by atoms with E-state index in [0.717, 1.165) is 5.82 Å². The van der Waals surface area contributed by atoms with Crippen molar-refractivity contribution in [3.05, 3.63) is 42.0 Å². The average Bonchev–Trinajstić information content (AvgIpc) is 2.84. The lowest BCUT2D eigenvalue weighted by molar-refractivity contribution is 0.294. The summed E-state index contributed by atoms with van der Waals surface area (Å²) in [5.41, 5.74) is 6.05. The van der Waals surface area contributed by atoms with Gasteiger partial charge in [0, 0.05) is 31.4 Å². The Morgan fingerprint density at radius 1 is 1.40 bits per heavy atom. The van der Waals surface area contributed by atoms with Crippen LogP contribution in [0.1, 0.15) is 11.4 Å². The minimum absolute atomic E-state index is 0.00265. The van der Waals surface area contributed by atoms with Crippen LogP contribution in [0.25, 0.3) is 0 Å². The van der Waals surface area contributed by atoms with E-state index >= 15 is 0 Å². The maximum Gasteiger partial charge on any atom is 0.161 e. The van der Waals surface area contributed by atoms with E-state index in [2.05, 4.69) is 4.98 Å². The predicted molar refractivity (Wildman–Crippen MR) is 76.4 cm³/mol. The van der Waals surface area contributed by atoms with E-state index in [0.29, 0.717) is 30.1 Å². The molecule has 1 heterocycles. The number of ether oxygens (including phenoxy) is 2. The van der Waals surface area contributed by atoms with Crippen LogP contribution in [0.3, 0.4) is 0 Å². The van der Waals surface area contributed by atoms with Crippen LogP contribution in [0.5, 0.6) is 11.5 Å². The number of aromatic nitrogens is 2. The molecule has 0 aliphatic rings. The van der Waals surface area contributed by atoms with Crippen LogP contribution in [0.15, 0.2) is 30.6 Å². The molecule has 0 saturated carbocycles. The summed E-state index contributed by atoms with van der Waals surface area (Å²) >= 11 is 0. The van der Waals surface area contributed by atoms with E-state index in [-0.39, 0.29) is 5.84 Å². The smallest absolute Gasteiger partial charge is 0.161 e. The van der Waals surface area contributed by atoms with Gasteiger partial charge >= 0.3 is 0 Å². The number of nitrogen functional groups attached to an aromatic ring is 1. The quantitative estimate of drug-likeness (QED) is 0.614. The summed E-state index contributed by atoms with van der Waals surface area (Å²) in [6, 6.07) is 5.19. The summed E-state index contributed by atoms with van der Waals surface area (Å²) in [6.45, 7) is 0.501. The van der Waals surface area contributed by atoms with Crippen molar-refractivity contribution in [2.45, 2.75) is 6.42 Å². The third-order valence-corrected chi connectivity index (χ3v) is 2.98. The van der Waals surface area contributed by atoms with Gasteiger partial charge in [0.2, 0.25) is 0 Å². The fourth-order valence-electron chi connectivity index (χ4n) is 1.84. The van der Waals surface area contributed by atoms with Crippen LogP contribution in [-0.4, -0.2) is 29.1 Å². The molecule has 106 valence electrons. The summed E-state index contributed by atoms with van der Waals surface area (Å²) in [5.74, 6) is 2.16. The van der Waals surface area contributed by atoms with Gasteiger partial charge in [-0.3, -0.25) is 5.41 Å². The number of hydrogen-bond donors (Lipinski definition) is 2. The third kappa shape index (κ3) is 3.09. The monoisotopic (exact) mass is 274 g/mol. The van der Waals surface area contributed by atoms with Crippen LogP contribution >= 0.6 is 0 Å². The van der Waals surface area contributed by atoms with E-state index in [1.165, 1.54) is 0 Å². The number of aryl methyl sites for hydroxylation is 1. The molecule has 0 aliphatic carbocycles. The van der Waals surface area contributed by atoms with Crippen molar-refractivity contribution in [3.8, 4) is 11.5 Å². The summed E-state index contributed by atoms with van der Waals surface area (Å²) in [7, 11) is 3.51. The zero-order chi connectivity index (χ0) is 14.5. The summed E-state index contributed by atoms with van der Waals surface area (Å²) < 4.78 is 12.9. The van der Waals surface area contributed by atoms with Gasteiger partial charge in [-0.1, -0.05) is 0 Å². The van der Waals surface area contributed by atoms with Gasteiger partial charge in [-0.05, 0) is 18.2 Å². The highest BCUT2D eigenvalue weighted by Gasteiger charge is 2.08. The highest BCUT2D eigenvalue weighted by atomic mass is 16.5. The normalized spacial score (nSPS) is 10.3. The fourth-order valence-corrected chi connectivity index (χ4v) is 1.84. The van der Waals surface area contributed by atoms with Crippen molar-refractivity contribution in [2.24, 2.45) is 12.8 Å². The summed E-state index contributed by atoms with van der Waals surface area (Å²) in [6.07, 6.45) is 4.37. The molecule has 6 heteroatoms. The molecule has 20 heavy (non-hydrogen) atoms. The third-order valence-electron chi connectivity index (χ3n) is 2.98. The van der Waals surface area contributed by atoms with Crippen LogP contribution in [0.2, 0.25) is 0 Å². The fraction of sp³-hybridized carbons (Fsp3) is 0.286. The number of nitrogens with zero attached hydrogens (tertiary/aromatic N) is 2. The average molecular weight is 274 g/mol. The number of methoxy groups -OCH3 is 1. The first-order valence-electron chi connectivity index (χ1n) is 6.23. The molecule has 0 saturated heterocycles. The second-order valence-corrected chi connectivity index (χ2v) is 4.33. The Kier molecular flexibility index (Phi) is 4.24. The molecule has 0 amide bonds. The lowest BCUT2D eigenvalue weighted by Crippen LogP contribution is -2.11. The van der Waals surface area contributed by atoms with Gasteiger partial charge in [0.05, 0.1) is 13.7 Å². The first-order chi connectivity index (χ1) is 9.61. The Morgan fingerprint density at radius 3 is 2.80 bits per heavy atom. The molecule has 2 rings (SSSR count). The lowest BCUT2D eigenvalue weighted by atomic mass is 10.2. The van der Waals surface area contributed by atoms with Crippen LogP contribution in [-0.2, 0) is 13.5 Å². The van der Waals surface area contributed by atoms with Crippen LogP contribution in [0.4, 0.5) is 0 Å². The zero-order valence-electron chi connectivity index (χ0n) is 11.6. The first-order valence-corrected chi connectivity index (χ1v) is 6.23. The molecule has 2 aromatic rings. The zero-order valence-corrected chi connectivity index (χ0v) is 11.6. The number of benzene rings is 1. The second kappa shape index (κ2) is 6.10. The molecule has 0 unspecified atom stereocenters.